The van der Waals surface area contributed by atoms with Crippen molar-refractivity contribution in [2.24, 2.45) is 0 Å². The van der Waals surface area contributed by atoms with Crippen molar-refractivity contribution in [1.82, 2.24) is 10.6 Å². The van der Waals surface area contributed by atoms with Gasteiger partial charge in [0.25, 0.3) is 0 Å². The van der Waals surface area contributed by atoms with Crippen molar-refractivity contribution < 1.29 is 4.79 Å². The molecule has 0 fully saturated rings. The van der Waals surface area contributed by atoms with Gasteiger partial charge in [-0.05, 0) is 69.3 Å². The van der Waals surface area contributed by atoms with Gasteiger partial charge in [0.15, 0.2) is 0 Å². The minimum absolute atomic E-state index is 0.158. The second-order valence-corrected chi connectivity index (χ2v) is 11.4. The van der Waals surface area contributed by atoms with Gasteiger partial charge >= 0.3 is 0 Å². The molecule has 4 heteroatoms. The van der Waals surface area contributed by atoms with E-state index in [4.69, 9.17) is 0 Å². The van der Waals surface area contributed by atoms with Gasteiger partial charge in [-0.25, -0.2) is 0 Å². The van der Waals surface area contributed by atoms with Gasteiger partial charge in [0.1, 0.15) is 23.2 Å². The van der Waals surface area contributed by atoms with Gasteiger partial charge in [0.05, 0.1) is 6.16 Å². The Labute approximate surface area is 187 Å². The lowest BCUT2D eigenvalue weighted by atomic mass is 10.3. The standard InChI is InChI=1S/C27H33N2OP/c1-28-21-13-20-27(30)29-22-11-12-23-31(24-14-5-2-6-15-24,25-16-7-3-8-17-25)26-18-9-4-10-19-26/h2-10,14-19,28H,11-13,20-23H2,1H3/p+1. The summed E-state index contributed by atoms with van der Waals surface area (Å²) < 4.78 is 0. The maximum absolute atomic E-state index is 12.0. The predicted molar refractivity (Wildman–Crippen MR) is 135 cm³/mol. The zero-order chi connectivity index (χ0) is 21.8. The number of hydrogen-bond donors (Lipinski definition) is 2. The zero-order valence-electron chi connectivity index (χ0n) is 18.5. The summed E-state index contributed by atoms with van der Waals surface area (Å²) in [6.45, 7) is 1.63. The number of nitrogens with one attached hydrogen (secondary N) is 2. The third-order valence-corrected chi connectivity index (χ3v) is 10.2. The van der Waals surface area contributed by atoms with E-state index < -0.39 is 7.26 Å². The fraction of sp³-hybridized carbons (Fsp3) is 0.296. The fourth-order valence-corrected chi connectivity index (χ4v) is 8.51. The van der Waals surface area contributed by atoms with Gasteiger partial charge in [0, 0.05) is 13.0 Å². The Morgan fingerprint density at radius 1 is 0.677 bits per heavy atom. The molecule has 0 unspecified atom stereocenters. The molecular weight excluding hydrogens is 399 g/mol. The Hall–Kier alpha value is -2.48. The van der Waals surface area contributed by atoms with Crippen LogP contribution in [0.1, 0.15) is 25.7 Å². The summed E-state index contributed by atoms with van der Waals surface area (Å²) in [6, 6.07) is 32.9. The van der Waals surface area contributed by atoms with Crippen LogP contribution in [0.4, 0.5) is 0 Å². The smallest absolute Gasteiger partial charge is 0.220 e. The quantitative estimate of drug-likeness (QED) is 0.336. The topological polar surface area (TPSA) is 41.1 Å². The number of carbonyl (C=O) groups excluding carboxylic acids is 1. The molecule has 0 aromatic heterocycles. The number of benzene rings is 3. The molecule has 0 radical (unpaired) electrons. The van der Waals surface area contributed by atoms with E-state index in [0.717, 1.165) is 38.5 Å². The summed E-state index contributed by atoms with van der Waals surface area (Å²) in [5.74, 6) is 0.158. The normalized spacial score (nSPS) is 11.3. The molecule has 0 bridgehead atoms. The first kappa shape index (κ1) is 23.2. The highest BCUT2D eigenvalue weighted by Crippen LogP contribution is 2.55. The van der Waals surface area contributed by atoms with Crippen molar-refractivity contribution in [3.63, 3.8) is 0 Å². The lowest BCUT2D eigenvalue weighted by Gasteiger charge is -2.27. The highest BCUT2D eigenvalue weighted by Gasteiger charge is 2.44. The van der Waals surface area contributed by atoms with Gasteiger partial charge in [-0.1, -0.05) is 54.6 Å². The van der Waals surface area contributed by atoms with Crippen LogP contribution in [0.3, 0.4) is 0 Å². The molecule has 162 valence electrons. The van der Waals surface area contributed by atoms with Crippen LogP contribution in [0.2, 0.25) is 0 Å². The van der Waals surface area contributed by atoms with E-state index in [1.54, 1.807) is 0 Å². The Morgan fingerprint density at radius 3 is 1.61 bits per heavy atom. The maximum Gasteiger partial charge on any atom is 0.220 e. The average Bonchev–Trinajstić information content (AvgIpc) is 2.83. The van der Waals surface area contributed by atoms with Crippen molar-refractivity contribution in [3.05, 3.63) is 91.0 Å². The van der Waals surface area contributed by atoms with Gasteiger partial charge < -0.3 is 10.6 Å². The lowest BCUT2D eigenvalue weighted by Crippen LogP contribution is -2.33. The molecule has 3 aromatic rings. The summed E-state index contributed by atoms with van der Waals surface area (Å²) >= 11 is 0. The van der Waals surface area contributed by atoms with Crippen LogP contribution in [-0.2, 0) is 4.79 Å². The Balaban J connectivity index is 1.78. The first-order valence-electron chi connectivity index (χ1n) is 11.2. The number of hydrogen-bond acceptors (Lipinski definition) is 2. The van der Waals surface area contributed by atoms with Crippen LogP contribution in [0.15, 0.2) is 91.0 Å². The highest BCUT2D eigenvalue weighted by atomic mass is 31.2. The molecule has 2 N–H and O–H groups in total. The maximum atomic E-state index is 12.0. The second-order valence-electron chi connectivity index (χ2n) is 7.80. The number of carbonyl (C=O) groups is 1. The molecule has 0 saturated carbocycles. The van der Waals surface area contributed by atoms with Gasteiger partial charge in [0.2, 0.25) is 5.91 Å². The summed E-state index contributed by atoms with van der Waals surface area (Å²) in [5.41, 5.74) is 0. The van der Waals surface area contributed by atoms with E-state index in [1.807, 2.05) is 7.05 Å². The first-order chi connectivity index (χ1) is 15.3. The minimum Gasteiger partial charge on any atom is -0.356 e. The number of rotatable bonds is 12. The molecule has 0 atom stereocenters. The summed E-state index contributed by atoms with van der Waals surface area (Å²) in [4.78, 5) is 12.0. The predicted octanol–water partition coefficient (Wildman–Crippen LogP) is 3.88. The molecule has 0 aliphatic heterocycles. The largest absolute Gasteiger partial charge is 0.356 e. The third kappa shape index (κ3) is 6.26. The van der Waals surface area contributed by atoms with Gasteiger partial charge in [-0.2, -0.15) is 0 Å². The SMILES string of the molecule is CNCCCC(=O)NCCCC[P+](c1ccccc1)(c1ccccc1)c1ccccc1. The summed E-state index contributed by atoms with van der Waals surface area (Å²) in [5, 5.41) is 10.4. The van der Waals surface area contributed by atoms with Crippen LogP contribution in [0.25, 0.3) is 0 Å². The highest BCUT2D eigenvalue weighted by molar-refractivity contribution is 7.95. The average molecular weight is 434 g/mol. The molecule has 31 heavy (non-hydrogen) atoms. The van der Waals surface area contributed by atoms with Crippen LogP contribution in [0.5, 0.6) is 0 Å². The molecule has 0 heterocycles. The van der Waals surface area contributed by atoms with Crippen molar-refractivity contribution in [1.29, 1.82) is 0 Å². The van der Waals surface area contributed by atoms with E-state index >= 15 is 0 Å². The summed E-state index contributed by atoms with van der Waals surface area (Å²) in [7, 11) is 0.156. The molecule has 0 spiro atoms. The zero-order valence-corrected chi connectivity index (χ0v) is 19.4. The van der Waals surface area contributed by atoms with Gasteiger partial charge in [-0.3, -0.25) is 4.79 Å². The molecule has 0 aliphatic rings. The van der Waals surface area contributed by atoms with Crippen molar-refractivity contribution in [2.45, 2.75) is 25.7 Å². The van der Waals surface area contributed by atoms with Crippen LogP contribution < -0.4 is 26.5 Å². The van der Waals surface area contributed by atoms with Crippen molar-refractivity contribution in [3.8, 4) is 0 Å². The Morgan fingerprint density at radius 2 is 1.16 bits per heavy atom. The Bertz CT molecular complexity index is 804. The molecule has 0 aliphatic carbocycles. The second kappa shape index (κ2) is 12.4. The summed E-state index contributed by atoms with van der Waals surface area (Å²) in [6.07, 6.45) is 4.64. The Kier molecular flexibility index (Phi) is 9.27. The number of amides is 1. The van der Waals surface area contributed by atoms with Gasteiger partial charge in [-0.15, -0.1) is 0 Å². The molecular formula is C27H34N2OP+. The van der Waals surface area contributed by atoms with E-state index in [-0.39, 0.29) is 5.91 Å². The van der Waals surface area contributed by atoms with Crippen LogP contribution >= 0.6 is 7.26 Å². The van der Waals surface area contributed by atoms with E-state index in [2.05, 4.69) is 102 Å². The molecule has 3 rings (SSSR count). The fourth-order valence-electron chi connectivity index (χ4n) is 4.10. The molecule has 3 nitrogen and oxygen atoms in total. The van der Waals surface area contributed by atoms with Crippen LogP contribution in [0, 0.1) is 0 Å². The van der Waals surface area contributed by atoms with Crippen LogP contribution in [-0.4, -0.2) is 32.2 Å². The molecule has 1 amide bonds. The van der Waals surface area contributed by atoms with E-state index in [1.165, 1.54) is 15.9 Å². The minimum atomic E-state index is -1.76. The molecule has 0 saturated heterocycles. The third-order valence-electron chi connectivity index (χ3n) is 5.66. The van der Waals surface area contributed by atoms with E-state index in [0.29, 0.717) is 6.42 Å². The lowest BCUT2D eigenvalue weighted by molar-refractivity contribution is -0.121. The van der Waals surface area contributed by atoms with Crippen molar-refractivity contribution in [2.75, 3.05) is 26.3 Å². The first-order valence-corrected chi connectivity index (χ1v) is 13.2. The van der Waals surface area contributed by atoms with E-state index in [9.17, 15) is 4.79 Å². The monoisotopic (exact) mass is 433 g/mol. The van der Waals surface area contributed by atoms with Crippen molar-refractivity contribution >= 4 is 29.1 Å². The molecule has 3 aromatic carbocycles. The number of unbranched alkanes of at least 4 members (excludes halogenated alkanes) is 1.